The number of aromatic nitrogens is 1. The van der Waals surface area contributed by atoms with Crippen LogP contribution in [0.25, 0.3) is 49.2 Å². The molecule has 0 bridgehead atoms. The first-order valence-electron chi connectivity index (χ1n) is 13.5. The molecule has 0 unspecified atom stereocenters. The highest BCUT2D eigenvalue weighted by atomic mass is 16.3. The van der Waals surface area contributed by atoms with Crippen molar-refractivity contribution in [3.8, 4) is 22.4 Å². The van der Waals surface area contributed by atoms with Crippen molar-refractivity contribution in [2.75, 3.05) is 0 Å². The van der Waals surface area contributed by atoms with Gasteiger partial charge in [0.2, 0.25) is 5.69 Å². The first-order valence-corrected chi connectivity index (χ1v) is 13.5. The second-order valence-electron chi connectivity index (χ2n) is 12.4. The van der Waals surface area contributed by atoms with E-state index in [0.717, 1.165) is 55.4 Å². The molecule has 0 saturated heterocycles. The summed E-state index contributed by atoms with van der Waals surface area (Å²) in [6, 6.07) is 19.5. The number of pyridine rings is 1. The van der Waals surface area contributed by atoms with Crippen LogP contribution in [0.15, 0.2) is 65.2 Å². The molecule has 0 atom stereocenters. The molecule has 0 amide bonds. The van der Waals surface area contributed by atoms with E-state index < -0.39 is 0 Å². The number of hydrogen-bond acceptors (Lipinski definition) is 1. The minimum absolute atomic E-state index is 0.116. The van der Waals surface area contributed by atoms with Crippen LogP contribution in [0.2, 0.25) is 0 Å². The Labute approximate surface area is 225 Å². The predicted octanol–water partition coefficient (Wildman–Crippen LogP) is 9.26. The highest BCUT2D eigenvalue weighted by Crippen LogP contribution is 2.49. The lowest BCUT2D eigenvalue weighted by Gasteiger charge is -2.42. The van der Waals surface area contributed by atoms with Gasteiger partial charge in [0, 0.05) is 28.5 Å². The maximum atomic E-state index is 8.01. The fourth-order valence-corrected chi connectivity index (χ4v) is 6.51. The Bertz CT molecular complexity index is 1810. The van der Waals surface area contributed by atoms with Gasteiger partial charge in [0.25, 0.3) is 0 Å². The summed E-state index contributed by atoms with van der Waals surface area (Å²) in [5, 5.41) is 1.91. The Morgan fingerprint density at radius 3 is 2.26 bits per heavy atom. The summed E-state index contributed by atoms with van der Waals surface area (Å²) in [7, 11) is 2.06. The minimum atomic E-state index is 0.116. The summed E-state index contributed by atoms with van der Waals surface area (Å²) in [5.74, 6) is 0. The van der Waals surface area contributed by atoms with E-state index in [1.807, 2.05) is 12.1 Å². The molecule has 3 aromatic carbocycles. The lowest BCUT2D eigenvalue weighted by Crippen LogP contribution is -2.33. The van der Waals surface area contributed by atoms with E-state index in [9.17, 15) is 0 Å². The van der Waals surface area contributed by atoms with Gasteiger partial charge >= 0.3 is 0 Å². The van der Waals surface area contributed by atoms with E-state index in [1.165, 1.54) is 24.0 Å². The zero-order valence-electron chi connectivity index (χ0n) is 23.5. The molecule has 2 aromatic heterocycles. The molecule has 3 heteroatoms. The highest BCUT2D eigenvalue weighted by molar-refractivity contribution is 6.18. The van der Waals surface area contributed by atoms with Crippen LogP contribution in [0.5, 0.6) is 0 Å². The minimum Gasteiger partial charge on any atom is -0.456 e. The molecule has 0 N–H and O–H groups in total. The summed E-state index contributed by atoms with van der Waals surface area (Å²) in [6.07, 6.45) is 4.42. The summed E-state index contributed by atoms with van der Waals surface area (Å²) in [5.41, 5.74) is 12.1. The van der Waals surface area contributed by atoms with Crippen LogP contribution in [0.3, 0.4) is 0 Å². The molecule has 0 saturated carbocycles. The third-order valence-electron chi connectivity index (χ3n) is 8.87. The van der Waals surface area contributed by atoms with E-state index in [1.54, 1.807) is 0 Å². The molecule has 1 aliphatic rings. The number of rotatable bonds is 2. The summed E-state index contributed by atoms with van der Waals surface area (Å²) in [4.78, 5) is 3.96. The third kappa shape index (κ3) is 3.51. The normalized spacial score (nSPS) is 15.9. The molecule has 6 rings (SSSR count). The molecule has 5 aromatic rings. The molecule has 190 valence electrons. The molecule has 2 heterocycles. The van der Waals surface area contributed by atoms with Crippen molar-refractivity contribution in [2.24, 2.45) is 7.05 Å². The average Bonchev–Trinajstić information content (AvgIpc) is 3.26. The number of fused-ring (bicyclic) bond motifs is 4. The zero-order chi connectivity index (χ0) is 27.0. The lowest BCUT2D eigenvalue weighted by molar-refractivity contribution is -0.660. The Balaban J connectivity index is 1.71. The Kier molecular flexibility index (Phi) is 5.34. The van der Waals surface area contributed by atoms with Gasteiger partial charge in [-0.1, -0.05) is 64.1 Å². The van der Waals surface area contributed by atoms with E-state index >= 15 is 0 Å². The number of nitrogens with zero attached hydrogens (tertiary/aromatic N) is 2. The van der Waals surface area contributed by atoms with Crippen LogP contribution in [0.4, 0.5) is 5.69 Å². The first kappa shape index (κ1) is 24.4. The second-order valence-corrected chi connectivity index (χ2v) is 12.4. The quantitative estimate of drug-likeness (QED) is 0.175. The van der Waals surface area contributed by atoms with E-state index in [-0.39, 0.29) is 10.8 Å². The number of benzene rings is 3. The van der Waals surface area contributed by atoms with Crippen molar-refractivity contribution in [1.82, 2.24) is 0 Å². The second kappa shape index (κ2) is 8.30. The van der Waals surface area contributed by atoms with E-state index in [2.05, 4.69) is 107 Å². The van der Waals surface area contributed by atoms with E-state index in [4.69, 9.17) is 11.0 Å². The van der Waals surface area contributed by atoms with Gasteiger partial charge < -0.3 is 4.42 Å². The average molecular weight is 500 g/mol. The summed E-state index contributed by atoms with van der Waals surface area (Å²) >= 11 is 0. The Morgan fingerprint density at radius 1 is 0.816 bits per heavy atom. The molecule has 0 spiro atoms. The fourth-order valence-electron chi connectivity index (χ4n) is 6.51. The maximum Gasteiger partial charge on any atom is 0.216 e. The van der Waals surface area contributed by atoms with Crippen molar-refractivity contribution >= 4 is 27.6 Å². The molecule has 0 fully saturated rings. The standard InChI is InChI=1S/C35H35N2O/c1-21-12-14-24-31-27(36-7)19-22(2)29(33(31)38-32(24)30(21)28-11-9-10-18-37(28)8)23-13-15-25-26(20-23)35(5,6)17-16-34(25,3)4/h9-15,18-20H,16-17H2,1-6,8H3/q+1. The van der Waals surface area contributed by atoms with Gasteiger partial charge in [-0.15, -0.1) is 0 Å². The third-order valence-corrected chi connectivity index (χ3v) is 8.87. The van der Waals surface area contributed by atoms with Gasteiger partial charge in [-0.2, -0.15) is 0 Å². The largest absolute Gasteiger partial charge is 0.456 e. The lowest BCUT2D eigenvalue weighted by atomic mass is 9.63. The number of aryl methyl sites for hydroxylation is 3. The van der Waals surface area contributed by atoms with Crippen molar-refractivity contribution in [3.05, 3.63) is 94.5 Å². The van der Waals surface area contributed by atoms with Crippen molar-refractivity contribution in [1.29, 1.82) is 0 Å². The van der Waals surface area contributed by atoms with Crippen LogP contribution in [0.1, 0.15) is 62.8 Å². The van der Waals surface area contributed by atoms with Crippen LogP contribution < -0.4 is 4.57 Å². The SMILES string of the molecule is [C-]#[N+]c1cc(C)c(-c2ccc3c(c2)C(C)(C)CCC3(C)C)c2oc3c(-c4cccc[n+]4C)c(C)ccc3c12. The Morgan fingerprint density at radius 2 is 1.55 bits per heavy atom. The van der Waals surface area contributed by atoms with Crippen molar-refractivity contribution < 1.29 is 8.98 Å². The van der Waals surface area contributed by atoms with Gasteiger partial charge in [-0.25, -0.2) is 9.41 Å². The van der Waals surface area contributed by atoms with Gasteiger partial charge in [-0.05, 0) is 71.4 Å². The van der Waals surface area contributed by atoms with Crippen LogP contribution >= 0.6 is 0 Å². The van der Waals surface area contributed by atoms with E-state index in [0.29, 0.717) is 5.69 Å². The van der Waals surface area contributed by atoms with Crippen LogP contribution in [0, 0.1) is 20.4 Å². The number of hydrogen-bond donors (Lipinski definition) is 0. The maximum absolute atomic E-state index is 8.01. The fraction of sp³-hybridized carbons (Fsp3) is 0.314. The number of furan rings is 1. The molecule has 0 aliphatic heterocycles. The molecular weight excluding hydrogens is 464 g/mol. The molecule has 3 nitrogen and oxygen atoms in total. The van der Waals surface area contributed by atoms with Crippen molar-refractivity contribution in [3.63, 3.8) is 0 Å². The molecular formula is C35H35N2O+. The molecule has 0 radical (unpaired) electrons. The van der Waals surface area contributed by atoms with Gasteiger partial charge in [0.15, 0.2) is 11.9 Å². The highest BCUT2D eigenvalue weighted by Gasteiger charge is 2.37. The van der Waals surface area contributed by atoms with Gasteiger partial charge in [0.1, 0.15) is 18.2 Å². The van der Waals surface area contributed by atoms with Crippen molar-refractivity contribution in [2.45, 2.75) is 65.2 Å². The first-order chi connectivity index (χ1) is 18.0. The zero-order valence-corrected chi connectivity index (χ0v) is 23.5. The summed E-state index contributed by atoms with van der Waals surface area (Å²) < 4.78 is 8.99. The smallest absolute Gasteiger partial charge is 0.216 e. The summed E-state index contributed by atoms with van der Waals surface area (Å²) in [6.45, 7) is 21.7. The molecule has 1 aliphatic carbocycles. The Hall–Kier alpha value is -3.90. The van der Waals surface area contributed by atoms with Gasteiger partial charge in [-0.3, -0.25) is 0 Å². The molecule has 38 heavy (non-hydrogen) atoms. The van der Waals surface area contributed by atoms with Crippen LogP contribution in [-0.2, 0) is 17.9 Å². The van der Waals surface area contributed by atoms with Crippen LogP contribution in [-0.4, -0.2) is 0 Å². The van der Waals surface area contributed by atoms with Gasteiger partial charge in [0.05, 0.1) is 12.1 Å². The predicted molar refractivity (Wildman–Crippen MR) is 157 cm³/mol. The monoisotopic (exact) mass is 499 g/mol. The topological polar surface area (TPSA) is 21.4 Å².